The lowest BCUT2D eigenvalue weighted by Gasteiger charge is -2.21. The van der Waals surface area contributed by atoms with Gasteiger partial charge in [-0.05, 0) is 44.5 Å². The minimum Gasteiger partial charge on any atom is -0.384 e. The van der Waals surface area contributed by atoms with Crippen LogP contribution in [0.4, 0.5) is 4.39 Å². The first-order valence-corrected chi connectivity index (χ1v) is 7.06. The van der Waals surface area contributed by atoms with Crippen LogP contribution in [0.1, 0.15) is 26.3 Å². The van der Waals surface area contributed by atoms with E-state index in [1.807, 2.05) is 6.07 Å². The Kier molecular flexibility index (Phi) is 6.12. The van der Waals surface area contributed by atoms with E-state index in [-0.39, 0.29) is 11.4 Å². The molecule has 0 atom stereocenters. The highest BCUT2D eigenvalue weighted by atomic mass is 32.2. The van der Waals surface area contributed by atoms with Gasteiger partial charge in [0.1, 0.15) is 5.82 Å². The van der Waals surface area contributed by atoms with Crippen LogP contribution in [0.25, 0.3) is 0 Å². The average Bonchev–Trinajstić information content (AvgIpc) is 2.28. The smallest absolute Gasteiger partial charge is 0.123 e. The van der Waals surface area contributed by atoms with Gasteiger partial charge in [0.15, 0.2) is 0 Å². The Balaban J connectivity index is 2.70. The zero-order chi connectivity index (χ0) is 13.6. The molecule has 18 heavy (non-hydrogen) atoms. The molecular formula is C14H22FNOS. The summed E-state index contributed by atoms with van der Waals surface area (Å²) in [5, 5.41) is 3.38. The summed E-state index contributed by atoms with van der Waals surface area (Å²) >= 11 is 1.70. The predicted octanol–water partition coefficient (Wildman–Crippen LogP) is 3.45. The van der Waals surface area contributed by atoms with Gasteiger partial charge in [-0.3, -0.25) is 0 Å². The molecule has 0 heterocycles. The van der Waals surface area contributed by atoms with Crippen LogP contribution in [-0.4, -0.2) is 25.0 Å². The second-order valence-corrected chi connectivity index (χ2v) is 6.33. The van der Waals surface area contributed by atoms with E-state index in [4.69, 9.17) is 4.74 Å². The van der Waals surface area contributed by atoms with Crippen LogP contribution < -0.4 is 5.32 Å². The first-order chi connectivity index (χ1) is 8.42. The van der Waals surface area contributed by atoms with Gasteiger partial charge in [-0.25, -0.2) is 4.39 Å². The lowest BCUT2D eigenvalue weighted by molar-refractivity contribution is 0.218. The van der Waals surface area contributed by atoms with Gasteiger partial charge in [0, 0.05) is 29.8 Å². The van der Waals surface area contributed by atoms with Crippen LogP contribution in [-0.2, 0) is 11.3 Å². The lowest BCUT2D eigenvalue weighted by Crippen LogP contribution is -2.35. The van der Waals surface area contributed by atoms with Gasteiger partial charge < -0.3 is 10.1 Å². The van der Waals surface area contributed by atoms with Crippen molar-refractivity contribution in [2.45, 2.75) is 37.8 Å². The molecule has 0 aliphatic rings. The molecule has 2 nitrogen and oxygen atoms in total. The van der Waals surface area contributed by atoms with E-state index >= 15 is 0 Å². The van der Waals surface area contributed by atoms with E-state index < -0.39 is 0 Å². The molecule has 102 valence electrons. The Bertz CT molecular complexity index is 377. The Morgan fingerprint density at radius 2 is 2.06 bits per heavy atom. The van der Waals surface area contributed by atoms with Gasteiger partial charge in [0.2, 0.25) is 0 Å². The van der Waals surface area contributed by atoms with Crippen LogP contribution in [0, 0.1) is 5.82 Å². The van der Waals surface area contributed by atoms with Crippen LogP contribution >= 0.6 is 11.8 Å². The number of thioether (sulfide) groups is 1. The normalized spacial score (nSPS) is 11.8. The minimum absolute atomic E-state index is 0.0286. The molecule has 1 aromatic rings. The van der Waals surface area contributed by atoms with Gasteiger partial charge in [-0.15, -0.1) is 11.8 Å². The largest absolute Gasteiger partial charge is 0.384 e. The number of ether oxygens (including phenoxy) is 1. The maximum absolute atomic E-state index is 13.3. The van der Waals surface area contributed by atoms with Crippen LogP contribution in [0.5, 0.6) is 0 Å². The summed E-state index contributed by atoms with van der Waals surface area (Å²) in [5.74, 6) is 0.696. The fourth-order valence-corrected chi connectivity index (χ4v) is 2.37. The van der Waals surface area contributed by atoms with Crippen molar-refractivity contribution in [3.8, 4) is 0 Å². The first kappa shape index (κ1) is 15.5. The maximum atomic E-state index is 13.3. The number of halogens is 1. The van der Waals surface area contributed by atoms with Crippen molar-refractivity contribution in [2.24, 2.45) is 0 Å². The minimum atomic E-state index is -0.184. The summed E-state index contributed by atoms with van der Waals surface area (Å²) in [6.45, 7) is 7.68. The van der Waals surface area contributed by atoms with Crippen molar-refractivity contribution in [1.29, 1.82) is 0 Å². The summed E-state index contributed by atoms with van der Waals surface area (Å²) in [7, 11) is 1.69. The molecular weight excluding hydrogens is 249 g/mol. The molecule has 4 heteroatoms. The summed E-state index contributed by atoms with van der Waals surface area (Å²) in [6.07, 6.45) is 0. The number of rotatable bonds is 6. The van der Waals surface area contributed by atoms with Gasteiger partial charge in [-0.2, -0.15) is 0 Å². The van der Waals surface area contributed by atoms with E-state index in [1.54, 1.807) is 24.9 Å². The summed E-state index contributed by atoms with van der Waals surface area (Å²) in [6, 6.07) is 4.96. The first-order valence-electron chi connectivity index (χ1n) is 6.07. The quantitative estimate of drug-likeness (QED) is 0.632. The number of benzene rings is 1. The SMILES string of the molecule is COCCSc1ccc(F)cc1CNC(C)(C)C. The van der Waals surface area contributed by atoms with Crippen LogP contribution in [0.15, 0.2) is 23.1 Å². The molecule has 0 radical (unpaired) electrons. The number of hydrogen-bond acceptors (Lipinski definition) is 3. The molecule has 1 rings (SSSR count). The maximum Gasteiger partial charge on any atom is 0.123 e. The molecule has 0 saturated heterocycles. The number of nitrogens with one attached hydrogen (secondary N) is 1. The molecule has 0 aliphatic heterocycles. The van der Waals surface area contributed by atoms with Gasteiger partial charge in [0.05, 0.1) is 6.61 Å². The number of hydrogen-bond donors (Lipinski definition) is 1. The molecule has 0 spiro atoms. The summed E-state index contributed by atoms with van der Waals surface area (Å²) in [5.41, 5.74) is 1.03. The van der Waals surface area contributed by atoms with E-state index in [0.29, 0.717) is 13.2 Å². The second kappa shape index (κ2) is 7.12. The lowest BCUT2D eigenvalue weighted by atomic mass is 10.1. The van der Waals surface area contributed by atoms with Crippen LogP contribution in [0.3, 0.4) is 0 Å². The molecule has 0 aromatic heterocycles. The molecule has 1 N–H and O–H groups in total. The fourth-order valence-electron chi connectivity index (χ4n) is 1.42. The van der Waals surface area contributed by atoms with E-state index in [2.05, 4.69) is 26.1 Å². The van der Waals surface area contributed by atoms with E-state index in [1.165, 1.54) is 6.07 Å². The number of methoxy groups -OCH3 is 1. The third kappa shape index (κ3) is 5.85. The van der Waals surface area contributed by atoms with Crippen molar-refractivity contribution in [3.63, 3.8) is 0 Å². The molecule has 0 unspecified atom stereocenters. The molecule has 1 aromatic carbocycles. The van der Waals surface area contributed by atoms with Crippen LogP contribution in [0.2, 0.25) is 0 Å². The summed E-state index contributed by atoms with van der Waals surface area (Å²) in [4.78, 5) is 1.12. The van der Waals surface area contributed by atoms with Gasteiger partial charge >= 0.3 is 0 Å². The van der Waals surface area contributed by atoms with E-state index in [0.717, 1.165) is 16.2 Å². The van der Waals surface area contributed by atoms with Gasteiger partial charge in [0.25, 0.3) is 0 Å². The third-order valence-corrected chi connectivity index (χ3v) is 3.46. The highest BCUT2D eigenvalue weighted by molar-refractivity contribution is 7.99. The Hall–Kier alpha value is -0.580. The van der Waals surface area contributed by atoms with Crippen molar-refractivity contribution in [2.75, 3.05) is 19.5 Å². The molecule has 0 bridgehead atoms. The van der Waals surface area contributed by atoms with E-state index in [9.17, 15) is 4.39 Å². The molecule has 0 fully saturated rings. The highest BCUT2D eigenvalue weighted by Crippen LogP contribution is 2.24. The monoisotopic (exact) mass is 271 g/mol. The zero-order valence-electron chi connectivity index (χ0n) is 11.5. The van der Waals surface area contributed by atoms with Crippen molar-refractivity contribution >= 4 is 11.8 Å². The third-order valence-electron chi connectivity index (χ3n) is 2.38. The summed E-state index contributed by atoms with van der Waals surface area (Å²) < 4.78 is 18.3. The average molecular weight is 271 g/mol. The standard InChI is InChI=1S/C14H22FNOS/c1-14(2,3)16-10-11-9-12(15)5-6-13(11)18-8-7-17-4/h5-6,9,16H,7-8,10H2,1-4H3. The Morgan fingerprint density at radius 3 is 2.67 bits per heavy atom. The van der Waals surface area contributed by atoms with Gasteiger partial charge in [-0.1, -0.05) is 0 Å². The second-order valence-electron chi connectivity index (χ2n) is 5.20. The molecule has 0 amide bonds. The highest BCUT2D eigenvalue weighted by Gasteiger charge is 2.11. The molecule has 0 aliphatic carbocycles. The topological polar surface area (TPSA) is 21.3 Å². The predicted molar refractivity (Wildman–Crippen MR) is 75.6 cm³/mol. The fraction of sp³-hybridized carbons (Fsp3) is 0.571. The molecule has 0 saturated carbocycles. The zero-order valence-corrected chi connectivity index (χ0v) is 12.4. The van der Waals surface area contributed by atoms with Crippen molar-refractivity contribution in [1.82, 2.24) is 5.32 Å². The van der Waals surface area contributed by atoms with Crippen molar-refractivity contribution in [3.05, 3.63) is 29.6 Å². The van der Waals surface area contributed by atoms with Crippen molar-refractivity contribution < 1.29 is 9.13 Å². The Labute approximate surface area is 113 Å². The Morgan fingerprint density at radius 1 is 1.33 bits per heavy atom.